The Morgan fingerprint density at radius 1 is 1.19 bits per heavy atom. The summed E-state index contributed by atoms with van der Waals surface area (Å²) in [4.78, 5) is 18.8. The van der Waals surface area contributed by atoms with Gasteiger partial charge in [0.25, 0.3) is 11.6 Å². The molecular weight excluding hydrogens is 334 g/mol. The van der Waals surface area contributed by atoms with Crippen molar-refractivity contribution in [1.29, 1.82) is 0 Å². The van der Waals surface area contributed by atoms with Crippen LogP contribution in [-0.2, 0) is 6.54 Å². The summed E-state index contributed by atoms with van der Waals surface area (Å²) >= 11 is 0. The molecule has 0 bridgehead atoms. The van der Waals surface area contributed by atoms with E-state index in [9.17, 15) is 4.79 Å². The average Bonchev–Trinajstić information content (AvgIpc) is 3.05. The fourth-order valence-electron chi connectivity index (χ4n) is 2.77. The van der Waals surface area contributed by atoms with Gasteiger partial charge in [-0.3, -0.25) is 4.79 Å². The van der Waals surface area contributed by atoms with E-state index in [0.29, 0.717) is 41.6 Å². The Morgan fingerprint density at radius 2 is 1.96 bits per heavy atom. The number of amides is 1. The quantitative estimate of drug-likeness (QED) is 0.676. The number of pyridine rings is 1. The largest absolute Gasteiger partial charge is 0.493 e. The maximum Gasteiger partial charge on any atom is 0.257 e. The summed E-state index contributed by atoms with van der Waals surface area (Å²) in [7, 11) is 3.18. The minimum absolute atomic E-state index is 0.0997. The van der Waals surface area contributed by atoms with Crippen LogP contribution in [0.1, 0.15) is 28.5 Å². The van der Waals surface area contributed by atoms with Crippen LogP contribution >= 0.6 is 0 Å². The molecule has 2 aromatic heterocycles. The van der Waals surface area contributed by atoms with Gasteiger partial charge in [0.05, 0.1) is 30.9 Å². The van der Waals surface area contributed by atoms with Crippen molar-refractivity contribution in [2.75, 3.05) is 20.8 Å². The van der Waals surface area contributed by atoms with Crippen LogP contribution in [0.4, 0.5) is 0 Å². The summed E-state index contributed by atoms with van der Waals surface area (Å²) in [5, 5.41) is 4.62. The summed E-state index contributed by atoms with van der Waals surface area (Å²) < 4.78 is 15.7. The van der Waals surface area contributed by atoms with E-state index in [1.54, 1.807) is 25.2 Å². The first-order chi connectivity index (χ1) is 12.6. The second-order valence-electron chi connectivity index (χ2n) is 5.85. The molecule has 0 saturated heterocycles. The number of aromatic nitrogens is 2. The molecule has 0 aliphatic rings. The first-order valence-corrected chi connectivity index (χ1v) is 8.29. The Hall–Kier alpha value is -3.09. The Bertz CT molecular complexity index is 936. The molecule has 26 heavy (non-hydrogen) atoms. The lowest BCUT2D eigenvalue weighted by atomic mass is 10.1. The van der Waals surface area contributed by atoms with E-state index in [1.807, 2.05) is 32.0 Å². The highest BCUT2D eigenvalue weighted by atomic mass is 16.5. The van der Waals surface area contributed by atoms with E-state index in [2.05, 4.69) is 10.1 Å². The average molecular weight is 355 g/mol. The number of methoxy groups -OCH3 is 2. The molecule has 3 rings (SSSR count). The van der Waals surface area contributed by atoms with E-state index in [0.717, 1.165) is 10.9 Å². The van der Waals surface area contributed by atoms with Gasteiger partial charge < -0.3 is 18.9 Å². The molecule has 0 spiro atoms. The maximum absolute atomic E-state index is 12.9. The van der Waals surface area contributed by atoms with Crippen molar-refractivity contribution >= 4 is 17.0 Å². The SMILES string of the molecule is CCN(Cc1ccc(OC)c(OC)c1)C(=O)c1cnc2onc(C)c2c1. The van der Waals surface area contributed by atoms with Crippen molar-refractivity contribution < 1.29 is 18.8 Å². The van der Waals surface area contributed by atoms with Crippen molar-refractivity contribution in [1.82, 2.24) is 15.0 Å². The summed E-state index contributed by atoms with van der Waals surface area (Å²) in [5.74, 6) is 1.19. The molecule has 0 unspecified atom stereocenters. The third-order valence-electron chi connectivity index (χ3n) is 4.25. The van der Waals surface area contributed by atoms with Crippen LogP contribution in [0.3, 0.4) is 0 Å². The molecule has 2 heterocycles. The zero-order valence-electron chi connectivity index (χ0n) is 15.3. The lowest BCUT2D eigenvalue weighted by Gasteiger charge is -2.21. The molecule has 0 atom stereocenters. The van der Waals surface area contributed by atoms with Gasteiger partial charge in [-0.2, -0.15) is 0 Å². The number of benzene rings is 1. The number of ether oxygens (including phenoxy) is 2. The van der Waals surface area contributed by atoms with E-state index in [-0.39, 0.29) is 5.91 Å². The molecule has 7 heteroatoms. The van der Waals surface area contributed by atoms with Gasteiger partial charge in [0.2, 0.25) is 0 Å². The van der Waals surface area contributed by atoms with E-state index in [4.69, 9.17) is 14.0 Å². The molecule has 3 aromatic rings. The standard InChI is InChI=1S/C19H21N3O4/c1-5-22(11-13-6-7-16(24-3)17(8-13)25-4)19(23)14-9-15-12(2)21-26-18(15)20-10-14/h6-10H,5,11H2,1-4H3. The van der Waals surface area contributed by atoms with Crippen LogP contribution < -0.4 is 9.47 Å². The summed E-state index contributed by atoms with van der Waals surface area (Å²) in [6.45, 7) is 4.78. The van der Waals surface area contributed by atoms with Crippen LogP contribution in [-0.4, -0.2) is 41.7 Å². The summed E-state index contributed by atoms with van der Waals surface area (Å²) in [6.07, 6.45) is 1.52. The van der Waals surface area contributed by atoms with Crippen LogP contribution in [0, 0.1) is 6.92 Å². The van der Waals surface area contributed by atoms with Crippen molar-refractivity contribution in [2.24, 2.45) is 0 Å². The molecule has 0 fully saturated rings. The lowest BCUT2D eigenvalue weighted by molar-refractivity contribution is 0.0752. The first-order valence-electron chi connectivity index (χ1n) is 8.29. The zero-order chi connectivity index (χ0) is 18.7. The predicted molar refractivity (Wildman–Crippen MR) is 96.5 cm³/mol. The molecule has 1 amide bonds. The molecule has 0 saturated carbocycles. The van der Waals surface area contributed by atoms with Gasteiger partial charge in [-0.25, -0.2) is 4.98 Å². The zero-order valence-corrected chi connectivity index (χ0v) is 15.3. The van der Waals surface area contributed by atoms with E-state index in [1.165, 1.54) is 6.20 Å². The number of fused-ring (bicyclic) bond motifs is 1. The van der Waals surface area contributed by atoms with Crippen molar-refractivity contribution in [2.45, 2.75) is 20.4 Å². The monoisotopic (exact) mass is 355 g/mol. The van der Waals surface area contributed by atoms with Gasteiger partial charge in [0.15, 0.2) is 11.5 Å². The third-order valence-corrected chi connectivity index (χ3v) is 4.25. The van der Waals surface area contributed by atoms with Gasteiger partial charge in [0.1, 0.15) is 0 Å². The highest BCUT2D eigenvalue weighted by Crippen LogP contribution is 2.28. The van der Waals surface area contributed by atoms with Gasteiger partial charge in [0, 0.05) is 19.3 Å². The van der Waals surface area contributed by atoms with Crippen LogP contribution in [0.25, 0.3) is 11.1 Å². The topological polar surface area (TPSA) is 77.7 Å². The van der Waals surface area contributed by atoms with Crippen LogP contribution in [0.15, 0.2) is 35.0 Å². The number of hydrogen-bond acceptors (Lipinski definition) is 6. The number of nitrogens with zero attached hydrogens (tertiary/aromatic N) is 3. The van der Waals surface area contributed by atoms with E-state index >= 15 is 0 Å². The third kappa shape index (κ3) is 3.33. The Kier molecular flexibility index (Phi) is 5.06. The second-order valence-corrected chi connectivity index (χ2v) is 5.85. The fourth-order valence-corrected chi connectivity index (χ4v) is 2.77. The second kappa shape index (κ2) is 7.43. The fraction of sp³-hybridized carbons (Fsp3) is 0.316. The minimum atomic E-state index is -0.0997. The molecule has 1 aromatic carbocycles. The van der Waals surface area contributed by atoms with Gasteiger partial charge in [-0.05, 0) is 37.6 Å². The molecular formula is C19H21N3O4. The van der Waals surface area contributed by atoms with Crippen LogP contribution in [0.2, 0.25) is 0 Å². The maximum atomic E-state index is 12.9. The first kappa shape index (κ1) is 17.7. The highest BCUT2D eigenvalue weighted by molar-refractivity contribution is 5.97. The molecule has 0 aliphatic heterocycles. The van der Waals surface area contributed by atoms with Crippen molar-refractivity contribution in [3.8, 4) is 11.5 Å². The minimum Gasteiger partial charge on any atom is -0.493 e. The summed E-state index contributed by atoms with van der Waals surface area (Å²) in [6, 6.07) is 7.40. The smallest absolute Gasteiger partial charge is 0.257 e. The lowest BCUT2D eigenvalue weighted by Crippen LogP contribution is -2.30. The van der Waals surface area contributed by atoms with Gasteiger partial charge >= 0.3 is 0 Å². The summed E-state index contributed by atoms with van der Waals surface area (Å²) in [5.41, 5.74) is 2.60. The Balaban J connectivity index is 1.85. The number of aryl methyl sites for hydroxylation is 1. The van der Waals surface area contributed by atoms with Crippen LogP contribution in [0.5, 0.6) is 11.5 Å². The van der Waals surface area contributed by atoms with Gasteiger partial charge in [-0.1, -0.05) is 11.2 Å². The Morgan fingerprint density at radius 3 is 2.65 bits per heavy atom. The number of carbonyl (C=O) groups excluding carboxylic acids is 1. The highest BCUT2D eigenvalue weighted by Gasteiger charge is 2.18. The molecule has 0 aliphatic carbocycles. The normalized spacial score (nSPS) is 10.8. The number of hydrogen-bond donors (Lipinski definition) is 0. The van der Waals surface area contributed by atoms with Crippen molar-refractivity contribution in [3.05, 3.63) is 47.3 Å². The number of carbonyl (C=O) groups is 1. The number of rotatable bonds is 6. The van der Waals surface area contributed by atoms with Crippen molar-refractivity contribution in [3.63, 3.8) is 0 Å². The van der Waals surface area contributed by atoms with E-state index < -0.39 is 0 Å². The Labute approximate surface area is 151 Å². The predicted octanol–water partition coefficient (Wildman–Crippen LogP) is 3.21. The van der Waals surface area contributed by atoms with Gasteiger partial charge in [-0.15, -0.1) is 0 Å². The molecule has 136 valence electrons. The molecule has 7 nitrogen and oxygen atoms in total. The molecule has 0 N–H and O–H groups in total. The molecule has 0 radical (unpaired) electrons.